The second kappa shape index (κ2) is 7.94. The van der Waals surface area contributed by atoms with Gasteiger partial charge in [-0.25, -0.2) is 4.39 Å². The van der Waals surface area contributed by atoms with Gasteiger partial charge in [0, 0.05) is 25.8 Å². The van der Waals surface area contributed by atoms with Gasteiger partial charge in [0.1, 0.15) is 5.78 Å². The third-order valence-electron chi connectivity index (χ3n) is 3.91. The number of hydrogen-bond donors (Lipinski definition) is 1. The first kappa shape index (κ1) is 18.7. The van der Waals surface area contributed by atoms with E-state index in [9.17, 15) is 22.4 Å². The molecule has 1 aliphatic rings. The molecule has 1 atom stereocenters. The Labute approximate surface area is 137 Å². The molecule has 0 saturated carbocycles. The molecule has 1 saturated heterocycles. The fourth-order valence-corrected chi connectivity index (χ4v) is 2.62. The number of halogens is 4. The molecule has 1 aliphatic heterocycles. The molecule has 2 rings (SSSR count). The van der Waals surface area contributed by atoms with Gasteiger partial charge in [0.25, 0.3) is 0 Å². The quantitative estimate of drug-likeness (QED) is 0.802. The van der Waals surface area contributed by atoms with E-state index in [0.29, 0.717) is 25.3 Å². The van der Waals surface area contributed by atoms with Gasteiger partial charge < -0.3 is 14.8 Å². The number of Topliss-reactive ketones (excluding diaryl/α,β-unsaturated/α-hetero) is 1. The van der Waals surface area contributed by atoms with Gasteiger partial charge in [0.05, 0.1) is 5.92 Å². The summed E-state index contributed by atoms with van der Waals surface area (Å²) < 4.78 is 59.2. The summed E-state index contributed by atoms with van der Waals surface area (Å²) in [6.45, 7) is 2.94. The van der Waals surface area contributed by atoms with Crippen LogP contribution in [0.1, 0.15) is 31.2 Å². The summed E-state index contributed by atoms with van der Waals surface area (Å²) in [5.41, 5.74) is 0.314. The predicted molar refractivity (Wildman–Crippen MR) is 78.3 cm³/mol. The van der Waals surface area contributed by atoms with Gasteiger partial charge in [0.2, 0.25) is 0 Å². The predicted octanol–water partition coefficient (Wildman–Crippen LogP) is 3.17. The highest BCUT2D eigenvalue weighted by atomic mass is 19.4. The van der Waals surface area contributed by atoms with Crippen LogP contribution in [0.15, 0.2) is 18.2 Å². The van der Waals surface area contributed by atoms with E-state index in [0.717, 1.165) is 25.0 Å². The van der Waals surface area contributed by atoms with Crippen LogP contribution in [0.4, 0.5) is 17.6 Å². The summed E-state index contributed by atoms with van der Waals surface area (Å²) in [4.78, 5) is 11.8. The van der Waals surface area contributed by atoms with Crippen molar-refractivity contribution in [3.05, 3.63) is 29.6 Å². The highest BCUT2D eigenvalue weighted by Crippen LogP contribution is 2.28. The maximum Gasteiger partial charge on any atom is 0.573 e. The highest BCUT2D eigenvalue weighted by molar-refractivity contribution is 5.83. The number of benzene rings is 1. The Kier molecular flexibility index (Phi) is 6.17. The second-order valence-electron chi connectivity index (χ2n) is 5.70. The molecule has 1 N–H and O–H groups in total. The SMILES string of the molecule is CC(=O)[C@H](CNC1CCOCC1)c1ccc(OC(F)(F)F)c(F)c1. The molecule has 0 aliphatic carbocycles. The summed E-state index contributed by atoms with van der Waals surface area (Å²) in [6, 6.07) is 3.29. The third-order valence-corrected chi connectivity index (χ3v) is 3.91. The van der Waals surface area contributed by atoms with Crippen molar-refractivity contribution in [2.45, 2.75) is 38.1 Å². The Hall–Kier alpha value is -1.67. The van der Waals surface area contributed by atoms with Gasteiger partial charge in [-0.05, 0) is 37.5 Å². The molecular formula is C16H19F4NO3. The minimum Gasteiger partial charge on any atom is -0.403 e. The molecule has 4 nitrogen and oxygen atoms in total. The van der Waals surface area contributed by atoms with Crippen molar-refractivity contribution in [1.82, 2.24) is 5.32 Å². The van der Waals surface area contributed by atoms with Crippen LogP contribution in [-0.2, 0) is 9.53 Å². The zero-order valence-corrected chi connectivity index (χ0v) is 13.2. The van der Waals surface area contributed by atoms with Gasteiger partial charge in [0.15, 0.2) is 11.6 Å². The average molecular weight is 349 g/mol. The van der Waals surface area contributed by atoms with Crippen LogP contribution >= 0.6 is 0 Å². The lowest BCUT2D eigenvalue weighted by atomic mass is 9.94. The van der Waals surface area contributed by atoms with Crippen LogP contribution in [-0.4, -0.2) is 37.9 Å². The first-order chi connectivity index (χ1) is 11.3. The Balaban J connectivity index is 2.07. The summed E-state index contributed by atoms with van der Waals surface area (Å²) in [5, 5.41) is 3.24. The number of nitrogens with one attached hydrogen (secondary N) is 1. The van der Waals surface area contributed by atoms with Gasteiger partial charge in [-0.1, -0.05) is 6.07 Å². The van der Waals surface area contributed by atoms with Gasteiger partial charge in [-0.3, -0.25) is 4.79 Å². The molecule has 1 heterocycles. The van der Waals surface area contributed by atoms with Gasteiger partial charge in [-0.15, -0.1) is 13.2 Å². The molecule has 1 fully saturated rings. The van der Waals surface area contributed by atoms with Crippen LogP contribution in [0.25, 0.3) is 0 Å². The molecule has 0 unspecified atom stereocenters. The first-order valence-corrected chi connectivity index (χ1v) is 7.63. The zero-order valence-electron chi connectivity index (χ0n) is 13.2. The Morgan fingerprint density at radius 3 is 2.58 bits per heavy atom. The van der Waals surface area contributed by atoms with Gasteiger partial charge in [-0.2, -0.15) is 0 Å². The van der Waals surface area contributed by atoms with Crippen molar-refractivity contribution >= 4 is 5.78 Å². The molecule has 24 heavy (non-hydrogen) atoms. The molecule has 0 bridgehead atoms. The van der Waals surface area contributed by atoms with Crippen molar-refractivity contribution in [2.75, 3.05) is 19.8 Å². The van der Waals surface area contributed by atoms with Crippen LogP contribution in [0.5, 0.6) is 5.75 Å². The molecule has 0 aromatic heterocycles. The summed E-state index contributed by atoms with van der Waals surface area (Å²) >= 11 is 0. The maximum absolute atomic E-state index is 13.8. The van der Waals surface area contributed by atoms with E-state index >= 15 is 0 Å². The first-order valence-electron chi connectivity index (χ1n) is 7.63. The van der Waals surface area contributed by atoms with Crippen LogP contribution in [0.3, 0.4) is 0 Å². The van der Waals surface area contributed by atoms with E-state index in [1.54, 1.807) is 0 Å². The molecular weight excluding hydrogens is 330 g/mol. The molecule has 0 amide bonds. The summed E-state index contributed by atoms with van der Waals surface area (Å²) in [7, 11) is 0. The van der Waals surface area contributed by atoms with Crippen molar-refractivity contribution in [2.24, 2.45) is 0 Å². The number of rotatable bonds is 6. The minimum absolute atomic E-state index is 0.196. The van der Waals surface area contributed by atoms with Crippen molar-refractivity contribution in [3.63, 3.8) is 0 Å². The summed E-state index contributed by atoms with van der Waals surface area (Å²) in [6.07, 6.45) is -3.33. The Morgan fingerprint density at radius 1 is 1.38 bits per heavy atom. The van der Waals surface area contributed by atoms with Crippen molar-refractivity contribution in [1.29, 1.82) is 0 Å². The maximum atomic E-state index is 13.8. The van der Waals surface area contributed by atoms with E-state index in [2.05, 4.69) is 10.1 Å². The zero-order chi connectivity index (χ0) is 17.7. The van der Waals surface area contributed by atoms with Gasteiger partial charge >= 0.3 is 6.36 Å². The van der Waals surface area contributed by atoms with Crippen LogP contribution in [0, 0.1) is 5.82 Å². The average Bonchev–Trinajstić information content (AvgIpc) is 2.49. The number of carbonyl (C=O) groups excluding carboxylic acids is 1. The Morgan fingerprint density at radius 2 is 2.04 bits per heavy atom. The topological polar surface area (TPSA) is 47.6 Å². The van der Waals surface area contributed by atoms with E-state index < -0.39 is 23.8 Å². The molecule has 134 valence electrons. The molecule has 1 aromatic carbocycles. The van der Waals surface area contributed by atoms with E-state index in [4.69, 9.17) is 4.74 Å². The molecule has 8 heteroatoms. The highest BCUT2D eigenvalue weighted by Gasteiger charge is 2.32. The number of hydrogen-bond acceptors (Lipinski definition) is 4. The summed E-state index contributed by atoms with van der Waals surface area (Å²) in [5.74, 6) is -2.89. The van der Waals surface area contributed by atoms with Crippen LogP contribution < -0.4 is 10.1 Å². The van der Waals surface area contributed by atoms with E-state index in [1.165, 1.54) is 13.0 Å². The molecule has 1 aromatic rings. The number of carbonyl (C=O) groups is 1. The normalized spacial score (nSPS) is 17.5. The Bertz CT molecular complexity index is 571. The van der Waals surface area contributed by atoms with Crippen molar-refractivity contribution < 1.29 is 31.8 Å². The lowest BCUT2D eigenvalue weighted by molar-refractivity contribution is -0.275. The fraction of sp³-hybridized carbons (Fsp3) is 0.562. The monoisotopic (exact) mass is 349 g/mol. The largest absolute Gasteiger partial charge is 0.573 e. The van der Waals surface area contributed by atoms with Crippen molar-refractivity contribution in [3.8, 4) is 5.75 Å². The van der Waals surface area contributed by atoms with E-state index in [-0.39, 0.29) is 11.8 Å². The molecule has 0 spiro atoms. The lowest BCUT2D eigenvalue weighted by Gasteiger charge is -2.25. The third kappa shape index (κ3) is 5.45. The number of ether oxygens (including phenoxy) is 2. The van der Waals surface area contributed by atoms with E-state index in [1.807, 2.05) is 0 Å². The lowest BCUT2D eigenvalue weighted by Crippen LogP contribution is -2.38. The molecule has 0 radical (unpaired) electrons. The second-order valence-corrected chi connectivity index (χ2v) is 5.70. The minimum atomic E-state index is -4.97. The number of alkyl halides is 3. The smallest absolute Gasteiger partial charge is 0.403 e. The number of ketones is 1. The standard InChI is InChI=1S/C16H19F4NO3/c1-10(22)13(9-21-12-4-6-23-7-5-12)11-2-3-15(14(17)8-11)24-16(18,19)20/h2-3,8,12-13,21H,4-7,9H2,1H3/t13-/m0/s1. The van der Waals surface area contributed by atoms with Crippen LogP contribution in [0.2, 0.25) is 0 Å². The fourth-order valence-electron chi connectivity index (χ4n) is 2.62.